The number of hydrogen-bond donors (Lipinski definition) is 1. The lowest BCUT2D eigenvalue weighted by Crippen LogP contribution is -2.43. The lowest BCUT2D eigenvalue weighted by Gasteiger charge is -2.30. The number of nitrogens with two attached hydrogens (primary N) is 1. The van der Waals surface area contributed by atoms with Gasteiger partial charge in [-0.1, -0.05) is 12.1 Å². The van der Waals surface area contributed by atoms with Crippen molar-refractivity contribution < 1.29 is 30.5 Å². The summed E-state index contributed by atoms with van der Waals surface area (Å²) in [5.41, 5.74) is -1.79. The predicted molar refractivity (Wildman–Crippen MR) is 92.9 cm³/mol. The van der Waals surface area contributed by atoms with E-state index < -0.39 is 27.8 Å². The molecular weight excluding hydrogens is 416 g/mol. The number of rotatable bonds is 3. The van der Waals surface area contributed by atoms with E-state index in [0.29, 0.717) is 18.9 Å². The Morgan fingerprint density at radius 1 is 1.28 bits per heavy atom. The lowest BCUT2D eigenvalue weighted by atomic mass is 9.90. The van der Waals surface area contributed by atoms with E-state index in [0.717, 1.165) is 12.1 Å². The van der Waals surface area contributed by atoms with Gasteiger partial charge in [-0.15, -0.1) is 0 Å². The Morgan fingerprint density at radius 3 is 2.52 bits per heavy atom. The van der Waals surface area contributed by atoms with E-state index in [1.165, 1.54) is 4.31 Å². The third kappa shape index (κ3) is 3.42. The minimum absolute atomic E-state index is 0.105. The molecule has 1 aliphatic carbocycles. The van der Waals surface area contributed by atoms with E-state index in [9.17, 15) is 26.0 Å². The molecule has 1 saturated carbocycles. The molecule has 1 spiro atoms. The summed E-state index contributed by atoms with van der Waals surface area (Å²) >= 11 is 0. The van der Waals surface area contributed by atoms with E-state index in [4.69, 9.17) is 9.66 Å². The Bertz CT molecular complexity index is 1050. The van der Waals surface area contributed by atoms with Crippen molar-refractivity contribution in [2.45, 2.75) is 31.9 Å². The average molecular weight is 434 g/mol. The van der Waals surface area contributed by atoms with Crippen LogP contribution in [-0.2, 0) is 16.4 Å². The van der Waals surface area contributed by atoms with Gasteiger partial charge in [0.1, 0.15) is 5.82 Å². The zero-order valence-electron chi connectivity index (χ0n) is 15.3. The quantitative estimate of drug-likeness (QED) is 0.749. The van der Waals surface area contributed by atoms with Gasteiger partial charge in [0.05, 0.1) is 5.56 Å². The van der Waals surface area contributed by atoms with Crippen LogP contribution in [0.5, 0.6) is 0 Å². The van der Waals surface area contributed by atoms with E-state index in [-0.39, 0.29) is 47.6 Å². The fraction of sp³-hybridized carbons (Fsp3) is 0.529. The van der Waals surface area contributed by atoms with Gasteiger partial charge in [0, 0.05) is 24.6 Å². The van der Waals surface area contributed by atoms with Gasteiger partial charge >= 0.3 is 6.18 Å². The van der Waals surface area contributed by atoms with Crippen molar-refractivity contribution in [3.05, 3.63) is 35.5 Å². The van der Waals surface area contributed by atoms with Crippen LogP contribution in [0.25, 0.3) is 11.4 Å². The lowest BCUT2D eigenvalue weighted by molar-refractivity contribution is -0.137. The van der Waals surface area contributed by atoms with Gasteiger partial charge in [-0.3, -0.25) is 0 Å². The third-order valence-corrected chi connectivity index (χ3v) is 7.25. The Morgan fingerprint density at radius 2 is 1.93 bits per heavy atom. The first-order valence-electron chi connectivity index (χ1n) is 8.92. The van der Waals surface area contributed by atoms with E-state index >= 15 is 0 Å². The molecule has 1 aromatic carbocycles. The Hall–Kier alpha value is -2.05. The SMILES string of the molecule is CC1C(c2nc(-c3ccc(F)cc3C(F)(F)F)no2)C12CCN(S(N)(=O)=O)CC2. The van der Waals surface area contributed by atoms with Gasteiger partial charge in [-0.2, -0.15) is 30.9 Å². The molecule has 1 aromatic heterocycles. The molecule has 29 heavy (non-hydrogen) atoms. The molecule has 0 amide bonds. The maximum Gasteiger partial charge on any atom is 0.417 e. The van der Waals surface area contributed by atoms with Crippen LogP contribution in [-0.4, -0.2) is 36.0 Å². The number of nitrogens with zero attached hydrogens (tertiary/aromatic N) is 3. The van der Waals surface area contributed by atoms with Crippen molar-refractivity contribution in [2.24, 2.45) is 16.5 Å². The fourth-order valence-electron chi connectivity index (χ4n) is 4.50. The van der Waals surface area contributed by atoms with Crippen molar-refractivity contribution in [3.8, 4) is 11.4 Å². The van der Waals surface area contributed by atoms with Gasteiger partial charge < -0.3 is 4.52 Å². The second-order valence-electron chi connectivity index (χ2n) is 7.59. The molecule has 4 rings (SSSR count). The minimum atomic E-state index is -4.77. The molecule has 2 aliphatic rings. The monoisotopic (exact) mass is 434 g/mol. The maximum absolute atomic E-state index is 13.3. The molecule has 158 valence electrons. The molecular formula is C17H18F4N4O3S. The second-order valence-corrected chi connectivity index (χ2v) is 9.13. The van der Waals surface area contributed by atoms with Crippen molar-refractivity contribution in [1.82, 2.24) is 14.4 Å². The van der Waals surface area contributed by atoms with Crippen LogP contribution in [0, 0.1) is 17.2 Å². The molecule has 2 heterocycles. The van der Waals surface area contributed by atoms with E-state index in [1.54, 1.807) is 0 Å². The van der Waals surface area contributed by atoms with Crippen molar-refractivity contribution in [3.63, 3.8) is 0 Å². The summed E-state index contributed by atoms with van der Waals surface area (Å²) < 4.78 is 82.5. The first kappa shape index (κ1) is 20.2. The Kier molecular flexibility index (Phi) is 4.52. The molecule has 0 radical (unpaired) electrons. The molecule has 1 aliphatic heterocycles. The highest BCUT2D eigenvalue weighted by Crippen LogP contribution is 2.69. The van der Waals surface area contributed by atoms with Crippen LogP contribution in [0.4, 0.5) is 17.6 Å². The minimum Gasteiger partial charge on any atom is -0.339 e. The molecule has 12 heteroatoms. The highest BCUT2D eigenvalue weighted by Gasteiger charge is 2.65. The standard InChI is InChI=1S/C17H18F4N4O3S/c1-9-13(16(9)4-6-25(7-5-16)29(22,26)27)15-23-14(24-28-15)11-3-2-10(18)8-12(11)17(19,20)21/h2-3,8-9,13H,4-7H2,1H3,(H2,22,26,27). The summed E-state index contributed by atoms with van der Waals surface area (Å²) in [5.74, 6) is -1.14. The van der Waals surface area contributed by atoms with Gasteiger partial charge in [0.25, 0.3) is 10.2 Å². The molecule has 2 atom stereocenters. The number of hydrogen-bond acceptors (Lipinski definition) is 5. The van der Waals surface area contributed by atoms with Crippen molar-refractivity contribution >= 4 is 10.2 Å². The second kappa shape index (κ2) is 6.47. The van der Waals surface area contributed by atoms with Crippen LogP contribution >= 0.6 is 0 Å². The Labute approximate surface area is 164 Å². The summed E-state index contributed by atoms with van der Waals surface area (Å²) in [6.45, 7) is 2.48. The van der Waals surface area contributed by atoms with Crippen molar-refractivity contribution in [1.29, 1.82) is 0 Å². The van der Waals surface area contributed by atoms with Crippen LogP contribution in [0.3, 0.4) is 0 Å². The third-order valence-electron chi connectivity index (χ3n) is 6.17. The predicted octanol–water partition coefficient (Wildman–Crippen LogP) is 2.91. The van der Waals surface area contributed by atoms with Crippen LogP contribution in [0.2, 0.25) is 0 Å². The average Bonchev–Trinajstić information content (AvgIpc) is 2.97. The van der Waals surface area contributed by atoms with Gasteiger partial charge in [-0.25, -0.2) is 9.53 Å². The molecule has 2 fully saturated rings. The number of aromatic nitrogens is 2. The smallest absolute Gasteiger partial charge is 0.339 e. The number of halogens is 4. The largest absolute Gasteiger partial charge is 0.417 e. The van der Waals surface area contributed by atoms with Gasteiger partial charge in [0.15, 0.2) is 0 Å². The highest BCUT2D eigenvalue weighted by atomic mass is 32.2. The molecule has 2 aromatic rings. The molecule has 1 saturated heterocycles. The molecule has 2 N–H and O–H groups in total. The van der Waals surface area contributed by atoms with Gasteiger partial charge in [-0.05, 0) is 42.4 Å². The van der Waals surface area contributed by atoms with Crippen LogP contribution in [0.15, 0.2) is 22.7 Å². The zero-order chi connectivity index (χ0) is 21.2. The number of piperidine rings is 1. The first-order valence-corrected chi connectivity index (χ1v) is 10.4. The zero-order valence-corrected chi connectivity index (χ0v) is 16.1. The summed E-state index contributed by atoms with van der Waals surface area (Å²) in [6, 6.07) is 2.28. The first-order chi connectivity index (χ1) is 13.4. The molecule has 2 unspecified atom stereocenters. The normalized spacial score (nSPS) is 24.8. The van der Waals surface area contributed by atoms with E-state index in [2.05, 4.69) is 10.1 Å². The molecule has 7 nitrogen and oxygen atoms in total. The topological polar surface area (TPSA) is 102 Å². The van der Waals surface area contributed by atoms with Crippen LogP contribution in [0.1, 0.15) is 37.1 Å². The maximum atomic E-state index is 13.3. The number of alkyl halides is 3. The summed E-state index contributed by atoms with van der Waals surface area (Å²) in [7, 11) is -3.76. The number of benzene rings is 1. The summed E-state index contributed by atoms with van der Waals surface area (Å²) in [6.07, 6.45) is -3.69. The Balaban J connectivity index is 1.59. The molecule has 0 bridgehead atoms. The van der Waals surface area contributed by atoms with Crippen molar-refractivity contribution in [2.75, 3.05) is 13.1 Å². The van der Waals surface area contributed by atoms with Gasteiger partial charge in [0.2, 0.25) is 11.7 Å². The van der Waals surface area contributed by atoms with Crippen LogP contribution < -0.4 is 5.14 Å². The highest BCUT2D eigenvalue weighted by molar-refractivity contribution is 7.86. The summed E-state index contributed by atoms with van der Waals surface area (Å²) in [5, 5.41) is 8.85. The van der Waals surface area contributed by atoms with E-state index in [1.807, 2.05) is 6.92 Å². The summed E-state index contributed by atoms with van der Waals surface area (Å²) in [4.78, 5) is 4.16. The fourth-order valence-corrected chi connectivity index (χ4v) is 5.19.